The van der Waals surface area contributed by atoms with Gasteiger partial charge in [-0.2, -0.15) is 0 Å². The van der Waals surface area contributed by atoms with Gasteiger partial charge in [0.1, 0.15) is 0 Å². The molecule has 0 saturated carbocycles. The third-order valence-electron chi connectivity index (χ3n) is 4.79. The van der Waals surface area contributed by atoms with Gasteiger partial charge >= 0.3 is 0 Å². The molecule has 2 aromatic rings. The van der Waals surface area contributed by atoms with Crippen LogP contribution < -0.4 is 10.6 Å². The van der Waals surface area contributed by atoms with E-state index >= 15 is 0 Å². The minimum atomic E-state index is -0.110. The Balaban J connectivity index is 1.43. The van der Waals surface area contributed by atoms with Crippen molar-refractivity contribution in [2.75, 3.05) is 32.1 Å². The summed E-state index contributed by atoms with van der Waals surface area (Å²) >= 11 is 0. The molecule has 1 saturated heterocycles. The molecule has 1 aliphatic rings. The van der Waals surface area contributed by atoms with Crippen LogP contribution in [0.15, 0.2) is 54.6 Å². The molecular weight excluding hydrogens is 354 g/mol. The van der Waals surface area contributed by atoms with Crippen molar-refractivity contribution < 1.29 is 14.3 Å². The quantitative estimate of drug-likeness (QED) is 0.738. The second-order valence-corrected chi connectivity index (χ2v) is 7.01. The summed E-state index contributed by atoms with van der Waals surface area (Å²) in [6.07, 6.45) is 2.18. The highest BCUT2D eigenvalue weighted by Crippen LogP contribution is 2.12. The maximum Gasteiger partial charge on any atom is 0.251 e. The fourth-order valence-electron chi connectivity index (χ4n) is 3.11. The van der Waals surface area contributed by atoms with E-state index in [0.717, 1.165) is 30.7 Å². The maximum absolute atomic E-state index is 12.3. The first-order valence-corrected chi connectivity index (χ1v) is 9.63. The third-order valence-corrected chi connectivity index (χ3v) is 4.79. The number of nitrogens with zero attached hydrogens (tertiary/aromatic N) is 1. The molecule has 1 aliphatic heterocycles. The largest absolute Gasteiger partial charge is 0.376 e. The number of amides is 2. The number of likely N-dealkylation sites (N-methyl/N-ethyl adjacent to an activating group) is 1. The van der Waals surface area contributed by atoms with E-state index in [9.17, 15) is 9.59 Å². The Hall–Kier alpha value is -2.86. The fourth-order valence-corrected chi connectivity index (χ4v) is 3.11. The summed E-state index contributed by atoms with van der Waals surface area (Å²) in [4.78, 5) is 26.2. The molecular formula is C22H27N3O3. The monoisotopic (exact) mass is 381 g/mol. The van der Waals surface area contributed by atoms with E-state index in [4.69, 9.17) is 4.74 Å². The molecule has 1 unspecified atom stereocenters. The molecule has 0 radical (unpaired) electrons. The summed E-state index contributed by atoms with van der Waals surface area (Å²) in [5, 5.41) is 6.01. The second-order valence-electron chi connectivity index (χ2n) is 7.01. The van der Waals surface area contributed by atoms with Gasteiger partial charge in [-0.05, 0) is 42.7 Å². The van der Waals surface area contributed by atoms with E-state index in [1.807, 2.05) is 42.5 Å². The SMILES string of the molecule is CN(Cc1ccccc1)C(=O)CNc1ccc(C(=O)NCC2CCCO2)cc1. The highest BCUT2D eigenvalue weighted by molar-refractivity contribution is 5.94. The molecule has 1 atom stereocenters. The van der Waals surface area contributed by atoms with Crippen molar-refractivity contribution in [1.82, 2.24) is 10.2 Å². The lowest BCUT2D eigenvalue weighted by Gasteiger charge is -2.18. The molecule has 2 N–H and O–H groups in total. The predicted octanol–water partition coefficient (Wildman–Crippen LogP) is 2.67. The van der Waals surface area contributed by atoms with Crippen LogP contribution in [0.2, 0.25) is 0 Å². The van der Waals surface area contributed by atoms with Crippen LogP contribution in [0, 0.1) is 0 Å². The predicted molar refractivity (Wildman–Crippen MR) is 109 cm³/mol. The number of carbonyl (C=O) groups is 2. The molecule has 0 aromatic heterocycles. The second kappa shape index (κ2) is 9.90. The van der Waals surface area contributed by atoms with Gasteiger partial charge in [0.25, 0.3) is 5.91 Å². The molecule has 1 fully saturated rings. The number of nitrogens with one attached hydrogen (secondary N) is 2. The van der Waals surface area contributed by atoms with Gasteiger partial charge in [-0.25, -0.2) is 0 Å². The fraction of sp³-hybridized carbons (Fsp3) is 0.364. The molecule has 2 amide bonds. The lowest BCUT2D eigenvalue weighted by molar-refractivity contribution is -0.128. The average molecular weight is 381 g/mol. The highest BCUT2D eigenvalue weighted by atomic mass is 16.5. The summed E-state index contributed by atoms with van der Waals surface area (Å²) in [5.74, 6) is -0.108. The third kappa shape index (κ3) is 5.82. The zero-order valence-electron chi connectivity index (χ0n) is 16.2. The van der Waals surface area contributed by atoms with Gasteiger partial charge in [0.2, 0.25) is 5.91 Å². The normalized spacial score (nSPS) is 15.8. The van der Waals surface area contributed by atoms with Crippen LogP contribution in [0.5, 0.6) is 0 Å². The van der Waals surface area contributed by atoms with Gasteiger partial charge in [0.05, 0.1) is 12.6 Å². The molecule has 148 valence electrons. The Bertz CT molecular complexity index is 771. The van der Waals surface area contributed by atoms with Crippen LogP contribution in [0.25, 0.3) is 0 Å². The number of anilines is 1. The minimum absolute atomic E-state index is 0.00207. The molecule has 6 nitrogen and oxygen atoms in total. The van der Waals surface area contributed by atoms with E-state index in [-0.39, 0.29) is 24.5 Å². The molecule has 0 aliphatic carbocycles. The van der Waals surface area contributed by atoms with Gasteiger partial charge in [-0.3, -0.25) is 9.59 Å². The number of ether oxygens (including phenoxy) is 1. The van der Waals surface area contributed by atoms with E-state index in [0.29, 0.717) is 18.7 Å². The molecule has 0 spiro atoms. The first kappa shape index (κ1) is 19.9. The van der Waals surface area contributed by atoms with Crippen molar-refractivity contribution in [3.8, 4) is 0 Å². The van der Waals surface area contributed by atoms with Gasteiger partial charge in [0.15, 0.2) is 0 Å². The Morgan fingerprint density at radius 2 is 1.86 bits per heavy atom. The lowest BCUT2D eigenvalue weighted by Crippen LogP contribution is -2.32. The number of benzene rings is 2. The molecule has 2 aromatic carbocycles. The molecule has 28 heavy (non-hydrogen) atoms. The van der Waals surface area contributed by atoms with Gasteiger partial charge < -0.3 is 20.3 Å². The van der Waals surface area contributed by atoms with Crippen LogP contribution in [-0.2, 0) is 16.1 Å². The van der Waals surface area contributed by atoms with E-state index in [1.165, 1.54) is 0 Å². The molecule has 1 heterocycles. The van der Waals surface area contributed by atoms with E-state index in [1.54, 1.807) is 24.1 Å². The van der Waals surface area contributed by atoms with Crippen LogP contribution in [0.4, 0.5) is 5.69 Å². The highest BCUT2D eigenvalue weighted by Gasteiger charge is 2.16. The molecule has 0 bridgehead atoms. The Morgan fingerprint density at radius 1 is 1.11 bits per heavy atom. The summed E-state index contributed by atoms with van der Waals surface area (Å²) in [6, 6.07) is 17.0. The van der Waals surface area contributed by atoms with Crippen molar-refractivity contribution in [3.05, 3.63) is 65.7 Å². The molecule has 6 heteroatoms. The summed E-state index contributed by atoms with van der Waals surface area (Å²) in [6.45, 7) is 2.10. The Labute approximate surface area is 165 Å². The summed E-state index contributed by atoms with van der Waals surface area (Å²) in [7, 11) is 1.79. The summed E-state index contributed by atoms with van der Waals surface area (Å²) < 4.78 is 5.51. The van der Waals surface area contributed by atoms with E-state index < -0.39 is 0 Å². The first-order chi connectivity index (χ1) is 13.6. The van der Waals surface area contributed by atoms with Gasteiger partial charge in [-0.1, -0.05) is 30.3 Å². The zero-order valence-corrected chi connectivity index (χ0v) is 16.2. The van der Waals surface area contributed by atoms with Gasteiger partial charge in [0, 0.05) is 38.0 Å². The van der Waals surface area contributed by atoms with Gasteiger partial charge in [-0.15, -0.1) is 0 Å². The summed E-state index contributed by atoms with van der Waals surface area (Å²) in [5.41, 5.74) is 2.49. The van der Waals surface area contributed by atoms with E-state index in [2.05, 4.69) is 10.6 Å². The van der Waals surface area contributed by atoms with Crippen molar-refractivity contribution in [2.24, 2.45) is 0 Å². The van der Waals surface area contributed by atoms with Crippen LogP contribution >= 0.6 is 0 Å². The van der Waals surface area contributed by atoms with Crippen molar-refractivity contribution >= 4 is 17.5 Å². The zero-order chi connectivity index (χ0) is 19.8. The standard InChI is InChI=1S/C22H27N3O3/c1-25(16-17-6-3-2-4-7-17)21(26)15-23-19-11-9-18(10-12-19)22(27)24-14-20-8-5-13-28-20/h2-4,6-7,9-12,20,23H,5,8,13-16H2,1H3,(H,24,27). The van der Waals surface area contributed by atoms with Crippen molar-refractivity contribution in [3.63, 3.8) is 0 Å². The minimum Gasteiger partial charge on any atom is -0.376 e. The Morgan fingerprint density at radius 3 is 2.54 bits per heavy atom. The van der Waals surface area contributed by atoms with Crippen LogP contribution in [-0.4, -0.2) is 49.6 Å². The topological polar surface area (TPSA) is 70.7 Å². The number of hydrogen-bond acceptors (Lipinski definition) is 4. The maximum atomic E-state index is 12.3. The smallest absolute Gasteiger partial charge is 0.251 e. The van der Waals surface area contributed by atoms with Crippen molar-refractivity contribution in [2.45, 2.75) is 25.5 Å². The van der Waals surface area contributed by atoms with Crippen LogP contribution in [0.3, 0.4) is 0 Å². The Kier molecular flexibility index (Phi) is 7.03. The number of hydrogen-bond donors (Lipinski definition) is 2. The van der Waals surface area contributed by atoms with Crippen molar-refractivity contribution in [1.29, 1.82) is 0 Å². The number of rotatable bonds is 8. The first-order valence-electron chi connectivity index (χ1n) is 9.63. The lowest BCUT2D eigenvalue weighted by atomic mass is 10.2. The number of carbonyl (C=O) groups excluding carboxylic acids is 2. The molecule has 3 rings (SSSR count). The van der Waals surface area contributed by atoms with Crippen LogP contribution in [0.1, 0.15) is 28.8 Å². The average Bonchev–Trinajstić information content (AvgIpc) is 3.25.